The van der Waals surface area contributed by atoms with Gasteiger partial charge in [-0.1, -0.05) is 11.6 Å². The number of nitrogens with zero attached hydrogens (tertiary/aromatic N) is 1. The molecule has 0 aliphatic carbocycles. The molecule has 0 saturated heterocycles. The summed E-state index contributed by atoms with van der Waals surface area (Å²) in [6.07, 6.45) is 0. The second-order valence-electron chi connectivity index (χ2n) is 3.42. The molecule has 1 aromatic carbocycles. The third-order valence-corrected chi connectivity index (χ3v) is 2.35. The highest BCUT2D eigenvalue weighted by Crippen LogP contribution is 2.22. The summed E-state index contributed by atoms with van der Waals surface area (Å²) < 4.78 is 5.43. The molecule has 5 nitrogen and oxygen atoms in total. The molecule has 0 aliphatic heterocycles. The van der Waals surface area contributed by atoms with Crippen LogP contribution in [0.5, 0.6) is 11.5 Å². The SMILES string of the molecule is Cc1nc(N)[nH]c(=O)c1Oc1ccc(Cl)cc1. The lowest BCUT2D eigenvalue weighted by Crippen LogP contribution is -2.14. The van der Waals surface area contributed by atoms with Crippen molar-refractivity contribution in [3.05, 3.63) is 45.3 Å². The molecule has 1 aromatic heterocycles. The lowest BCUT2D eigenvalue weighted by Gasteiger charge is -2.07. The van der Waals surface area contributed by atoms with Crippen molar-refractivity contribution in [2.24, 2.45) is 0 Å². The smallest absolute Gasteiger partial charge is 0.295 e. The summed E-state index contributed by atoms with van der Waals surface area (Å²) in [6, 6.07) is 6.67. The number of ether oxygens (including phenoxy) is 1. The molecular weight excluding hydrogens is 242 g/mol. The van der Waals surface area contributed by atoms with E-state index in [1.54, 1.807) is 31.2 Å². The minimum absolute atomic E-state index is 0.0657. The average molecular weight is 252 g/mol. The molecule has 2 rings (SSSR count). The maximum absolute atomic E-state index is 11.6. The largest absolute Gasteiger partial charge is 0.450 e. The lowest BCUT2D eigenvalue weighted by atomic mass is 10.3. The van der Waals surface area contributed by atoms with Crippen molar-refractivity contribution in [3.8, 4) is 11.5 Å². The third kappa shape index (κ3) is 2.57. The van der Waals surface area contributed by atoms with Gasteiger partial charge in [0.25, 0.3) is 5.56 Å². The fourth-order valence-electron chi connectivity index (χ4n) is 1.34. The Labute approximate surface area is 102 Å². The number of nitrogen functional groups attached to an aromatic ring is 1. The van der Waals surface area contributed by atoms with Crippen LogP contribution in [-0.2, 0) is 0 Å². The molecule has 88 valence electrons. The van der Waals surface area contributed by atoms with E-state index >= 15 is 0 Å². The first kappa shape index (κ1) is 11.5. The Balaban J connectivity index is 2.36. The van der Waals surface area contributed by atoms with Crippen LogP contribution in [0.25, 0.3) is 0 Å². The van der Waals surface area contributed by atoms with Gasteiger partial charge in [0.1, 0.15) is 5.75 Å². The van der Waals surface area contributed by atoms with Crippen LogP contribution in [0.4, 0.5) is 5.95 Å². The normalized spacial score (nSPS) is 10.2. The molecular formula is C11H10ClN3O2. The van der Waals surface area contributed by atoms with Gasteiger partial charge in [0.05, 0.1) is 5.69 Å². The number of anilines is 1. The topological polar surface area (TPSA) is 81.0 Å². The van der Waals surface area contributed by atoms with E-state index in [4.69, 9.17) is 22.1 Å². The van der Waals surface area contributed by atoms with E-state index in [0.717, 1.165) is 0 Å². The van der Waals surface area contributed by atoms with Crippen LogP contribution in [0.2, 0.25) is 5.02 Å². The summed E-state index contributed by atoms with van der Waals surface area (Å²) >= 11 is 5.75. The van der Waals surface area contributed by atoms with Crippen molar-refractivity contribution >= 4 is 17.5 Å². The molecule has 0 bridgehead atoms. The standard InChI is InChI=1S/C11H10ClN3O2/c1-6-9(10(16)15-11(13)14-6)17-8-4-2-7(12)3-5-8/h2-5H,1H3,(H3,13,14,15,16). The predicted octanol–water partition coefficient (Wildman–Crippen LogP) is 2.11. The highest BCUT2D eigenvalue weighted by Gasteiger charge is 2.09. The molecule has 6 heteroatoms. The number of aromatic amines is 1. The Kier molecular flexibility index (Phi) is 3.01. The van der Waals surface area contributed by atoms with Crippen LogP contribution in [0.1, 0.15) is 5.69 Å². The first-order valence-corrected chi connectivity index (χ1v) is 5.24. The molecule has 1 heterocycles. The zero-order chi connectivity index (χ0) is 12.4. The molecule has 0 fully saturated rings. The summed E-state index contributed by atoms with van der Waals surface area (Å²) in [6.45, 7) is 1.65. The fourth-order valence-corrected chi connectivity index (χ4v) is 1.46. The summed E-state index contributed by atoms with van der Waals surface area (Å²) in [4.78, 5) is 17.9. The Bertz CT molecular complexity index is 593. The Morgan fingerprint density at radius 2 is 2.00 bits per heavy atom. The highest BCUT2D eigenvalue weighted by molar-refractivity contribution is 6.30. The van der Waals surface area contributed by atoms with Crippen LogP contribution < -0.4 is 16.0 Å². The van der Waals surface area contributed by atoms with E-state index in [0.29, 0.717) is 16.5 Å². The van der Waals surface area contributed by atoms with Crippen molar-refractivity contribution in [2.75, 3.05) is 5.73 Å². The monoisotopic (exact) mass is 251 g/mol. The number of aromatic nitrogens is 2. The number of H-pyrrole nitrogens is 1. The number of hydrogen-bond acceptors (Lipinski definition) is 4. The number of nitrogens with two attached hydrogens (primary N) is 1. The number of aryl methyl sites for hydroxylation is 1. The number of halogens is 1. The Hall–Kier alpha value is -2.01. The van der Waals surface area contributed by atoms with Crippen molar-refractivity contribution in [2.45, 2.75) is 6.92 Å². The van der Waals surface area contributed by atoms with Gasteiger partial charge < -0.3 is 10.5 Å². The lowest BCUT2D eigenvalue weighted by molar-refractivity contribution is 0.467. The van der Waals surface area contributed by atoms with Gasteiger partial charge in [0.15, 0.2) is 0 Å². The molecule has 0 radical (unpaired) electrons. The van der Waals surface area contributed by atoms with E-state index in [2.05, 4.69) is 9.97 Å². The molecule has 3 N–H and O–H groups in total. The minimum Gasteiger partial charge on any atom is -0.450 e. The minimum atomic E-state index is -0.412. The first-order valence-electron chi connectivity index (χ1n) is 4.86. The van der Waals surface area contributed by atoms with Crippen molar-refractivity contribution in [1.29, 1.82) is 0 Å². The average Bonchev–Trinajstić information content (AvgIpc) is 2.26. The number of benzene rings is 1. The molecule has 2 aromatic rings. The van der Waals surface area contributed by atoms with Crippen LogP contribution >= 0.6 is 11.6 Å². The Morgan fingerprint density at radius 1 is 1.35 bits per heavy atom. The van der Waals surface area contributed by atoms with Gasteiger partial charge in [-0.05, 0) is 31.2 Å². The number of nitrogens with one attached hydrogen (secondary N) is 1. The molecule has 17 heavy (non-hydrogen) atoms. The van der Waals surface area contributed by atoms with E-state index < -0.39 is 5.56 Å². The van der Waals surface area contributed by atoms with E-state index in [9.17, 15) is 4.79 Å². The van der Waals surface area contributed by atoms with Gasteiger partial charge in [-0.15, -0.1) is 0 Å². The molecule has 0 saturated carbocycles. The van der Waals surface area contributed by atoms with Gasteiger partial charge >= 0.3 is 0 Å². The predicted molar refractivity (Wildman–Crippen MR) is 65.5 cm³/mol. The van der Waals surface area contributed by atoms with Gasteiger partial charge in [0.2, 0.25) is 11.7 Å². The second-order valence-corrected chi connectivity index (χ2v) is 3.86. The maximum atomic E-state index is 11.6. The van der Waals surface area contributed by atoms with Gasteiger partial charge in [-0.25, -0.2) is 4.98 Å². The molecule has 0 atom stereocenters. The second kappa shape index (κ2) is 4.47. The third-order valence-electron chi connectivity index (χ3n) is 2.10. The van der Waals surface area contributed by atoms with Crippen LogP contribution in [0.15, 0.2) is 29.1 Å². The van der Waals surface area contributed by atoms with Gasteiger partial charge in [-0.3, -0.25) is 9.78 Å². The van der Waals surface area contributed by atoms with Crippen molar-refractivity contribution in [1.82, 2.24) is 9.97 Å². The summed E-state index contributed by atoms with van der Waals surface area (Å²) in [5.41, 5.74) is 5.42. The van der Waals surface area contributed by atoms with Gasteiger partial charge in [-0.2, -0.15) is 0 Å². The summed E-state index contributed by atoms with van der Waals surface area (Å²) in [5, 5.41) is 0.596. The number of rotatable bonds is 2. The fraction of sp³-hybridized carbons (Fsp3) is 0.0909. The van der Waals surface area contributed by atoms with E-state index in [1.165, 1.54) is 0 Å². The summed E-state index contributed by atoms with van der Waals surface area (Å²) in [7, 11) is 0. The number of hydrogen-bond donors (Lipinski definition) is 2. The quantitative estimate of drug-likeness (QED) is 0.857. The highest BCUT2D eigenvalue weighted by atomic mass is 35.5. The first-order chi connectivity index (χ1) is 8.06. The van der Waals surface area contributed by atoms with Crippen LogP contribution in [-0.4, -0.2) is 9.97 Å². The molecule has 0 aliphatic rings. The van der Waals surface area contributed by atoms with E-state index in [1.807, 2.05) is 0 Å². The Morgan fingerprint density at radius 3 is 2.59 bits per heavy atom. The van der Waals surface area contributed by atoms with Crippen molar-refractivity contribution in [3.63, 3.8) is 0 Å². The molecule has 0 amide bonds. The molecule has 0 spiro atoms. The van der Waals surface area contributed by atoms with Gasteiger partial charge in [0, 0.05) is 5.02 Å². The zero-order valence-corrected chi connectivity index (χ0v) is 9.78. The van der Waals surface area contributed by atoms with Crippen LogP contribution in [0, 0.1) is 6.92 Å². The zero-order valence-electron chi connectivity index (χ0n) is 9.03. The van der Waals surface area contributed by atoms with Crippen LogP contribution in [0.3, 0.4) is 0 Å². The molecule has 0 unspecified atom stereocenters. The summed E-state index contributed by atoms with van der Waals surface area (Å²) in [5.74, 6) is 0.701. The van der Waals surface area contributed by atoms with Crippen molar-refractivity contribution < 1.29 is 4.74 Å². The van der Waals surface area contributed by atoms with E-state index in [-0.39, 0.29) is 11.7 Å². The maximum Gasteiger partial charge on any atom is 0.295 e.